The normalized spacial score (nSPS) is 11.1. The fourth-order valence-electron chi connectivity index (χ4n) is 3.74. The number of methoxy groups -OCH3 is 1. The summed E-state index contributed by atoms with van der Waals surface area (Å²) < 4.78 is 45.5. The summed E-state index contributed by atoms with van der Waals surface area (Å²) in [5, 5.41) is 9.48. The van der Waals surface area contributed by atoms with E-state index in [1.165, 1.54) is 49.0 Å². The Morgan fingerprint density at radius 3 is 2.21 bits per heavy atom. The monoisotopic (exact) mass is 542 g/mol. The molecule has 3 rings (SSSR count). The molecule has 0 aliphatic heterocycles. The molecule has 2 N–H and O–H groups in total. The van der Waals surface area contributed by atoms with Gasteiger partial charge in [-0.05, 0) is 62.7 Å². The standard InChI is InChI=1S/C27H30N2O8S/c1-5-36-27(31)24-23(37-18(2)3)16-15-22(26(30)28-32)25(24)29(17-19-9-7-6-8-10-19)38(33,34)21-13-11-20(35-4)12-14-21/h6-16,18,32H,5,17H2,1-4H3,(H,28,30). The van der Waals surface area contributed by atoms with Gasteiger partial charge in [0, 0.05) is 0 Å². The lowest BCUT2D eigenvalue weighted by Crippen LogP contribution is -2.35. The molecule has 38 heavy (non-hydrogen) atoms. The van der Waals surface area contributed by atoms with Crippen molar-refractivity contribution in [2.45, 2.75) is 38.3 Å². The second-order valence-electron chi connectivity index (χ2n) is 8.34. The second-order valence-corrected chi connectivity index (χ2v) is 10.2. The van der Waals surface area contributed by atoms with Gasteiger partial charge >= 0.3 is 5.97 Å². The molecule has 11 heteroatoms. The van der Waals surface area contributed by atoms with E-state index >= 15 is 0 Å². The number of anilines is 1. The van der Waals surface area contributed by atoms with Gasteiger partial charge in [-0.1, -0.05) is 30.3 Å². The van der Waals surface area contributed by atoms with Gasteiger partial charge in [0.25, 0.3) is 15.9 Å². The quantitative estimate of drug-likeness (QED) is 0.210. The average molecular weight is 543 g/mol. The Balaban J connectivity index is 2.41. The van der Waals surface area contributed by atoms with Crippen LogP contribution in [0.25, 0.3) is 0 Å². The van der Waals surface area contributed by atoms with Crippen LogP contribution in [0.4, 0.5) is 5.69 Å². The third kappa shape index (κ3) is 6.24. The molecule has 10 nitrogen and oxygen atoms in total. The number of carbonyl (C=O) groups is 2. The molecule has 0 bridgehead atoms. The highest BCUT2D eigenvalue weighted by atomic mass is 32.2. The minimum atomic E-state index is -4.40. The highest BCUT2D eigenvalue weighted by Gasteiger charge is 2.35. The summed E-state index contributed by atoms with van der Waals surface area (Å²) in [6.45, 7) is 4.80. The summed E-state index contributed by atoms with van der Waals surface area (Å²) in [4.78, 5) is 26.0. The van der Waals surface area contributed by atoms with Crippen molar-refractivity contribution in [2.24, 2.45) is 0 Å². The molecule has 0 unspecified atom stereocenters. The zero-order valence-corrected chi connectivity index (χ0v) is 22.3. The van der Waals surface area contributed by atoms with Crippen LogP contribution in [0.5, 0.6) is 11.5 Å². The lowest BCUT2D eigenvalue weighted by atomic mass is 10.0. The van der Waals surface area contributed by atoms with Crippen molar-refractivity contribution < 1.29 is 37.4 Å². The van der Waals surface area contributed by atoms with Crippen LogP contribution in [-0.4, -0.2) is 45.3 Å². The zero-order chi connectivity index (χ0) is 27.9. The minimum absolute atomic E-state index is 0.0142. The van der Waals surface area contributed by atoms with Crippen molar-refractivity contribution in [2.75, 3.05) is 18.0 Å². The first kappa shape index (κ1) is 28.5. The highest BCUT2D eigenvalue weighted by Crippen LogP contribution is 2.39. The van der Waals surface area contributed by atoms with Crippen molar-refractivity contribution in [3.05, 3.63) is 83.4 Å². The van der Waals surface area contributed by atoms with Gasteiger partial charge in [-0.3, -0.25) is 14.3 Å². The van der Waals surface area contributed by atoms with Crippen molar-refractivity contribution in [1.29, 1.82) is 0 Å². The number of hydrogen-bond donors (Lipinski definition) is 2. The van der Waals surface area contributed by atoms with E-state index in [9.17, 15) is 23.2 Å². The fraction of sp³-hybridized carbons (Fsp3) is 0.259. The van der Waals surface area contributed by atoms with Gasteiger partial charge in [-0.25, -0.2) is 18.7 Å². The van der Waals surface area contributed by atoms with Gasteiger partial charge in [0.05, 0.1) is 42.5 Å². The summed E-state index contributed by atoms with van der Waals surface area (Å²) >= 11 is 0. The molecular weight excluding hydrogens is 512 g/mol. The summed E-state index contributed by atoms with van der Waals surface area (Å²) in [5.41, 5.74) is 1.26. The van der Waals surface area contributed by atoms with Crippen LogP contribution < -0.4 is 19.3 Å². The predicted octanol–water partition coefficient (Wildman–Crippen LogP) is 4.17. The smallest absolute Gasteiger partial charge is 0.344 e. The van der Waals surface area contributed by atoms with Crippen molar-refractivity contribution in [1.82, 2.24) is 5.48 Å². The van der Waals surface area contributed by atoms with Crippen molar-refractivity contribution in [3.63, 3.8) is 0 Å². The number of hydroxylamine groups is 1. The van der Waals surface area contributed by atoms with E-state index in [0.29, 0.717) is 11.3 Å². The van der Waals surface area contributed by atoms with Crippen LogP contribution >= 0.6 is 0 Å². The molecule has 0 aromatic heterocycles. The van der Waals surface area contributed by atoms with E-state index in [2.05, 4.69) is 0 Å². The number of sulfonamides is 1. The number of ether oxygens (including phenoxy) is 3. The molecule has 3 aromatic carbocycles. The molecule has 202 valence electrons. The van der Waals surface area contributed by atoms with E-state index in [1.54, 1.807) is 51.1 Å². The fourth-order valence-corrected chi connectivity index (χ4v) is 5.22. The Morgan fingerprint density at radius 1 is 1.00 bits per heavy atom. The van der Waals surface area contributed by atoms with E-state index < -0.39 is 28.0 Å². The maximum atomic E-state index is 14.2. The lowest BCUT2D eigenvalue weighted by Gasteiger charge is -2.29. The Bertz CT molecular complexity index is 1370. The molecule has 0 atom stereocenters. The molecule has 3 aromatic rings. The van der Waals surface area contributed by atoms with E-state index in [-0.39, 0.29) is 40.6 Å². The van der Waals surface area contributed by atoms with Crippen molar-refractivity contribution >= 4 is 27.6 Å². The molecule has 0 spiro atoms. The predicted molar refractivity (Wildman–Crippen MR) is 140 cm³/mol. The first-order chi connectivity index (χ1) is 18.1. The average Bonchev–Trinajstić information content (AvgIpc) is 2.91. The van der Waals surface area contributed by atoms with Crippen molar-refractivity contribution in [3.8, 4) is 11.5 Å². The molecule has 0 radical (unpaired) electrons. The Morgan fingerprint density at radius 2 is 1.66 bits per heavy atom. The summed E-state index contributed by atoms with van der Waals surface area (Å²) in [6, 6.07) is 17.0. The van der Waals surface area contributed by atoms with Crippen LogP contribution in [0.3, 0.4) is 0 Å². The number of nitrogens with one attached hydrogen (secondary N) is 1. The summed E-state index contributed by atoms with van der Waals surface area (Å²) in [7, 11) is -2.95. The number of carbonyl (C=O) groups excluding carboxylic acids is 2. The SMILES string of the molecule is CCOC(=O)c1c(OC(C)C)ccc(C(=O)NO)c1N(Cc1ccccc1)S(=O)(=O)c1ccc(OC)cc1. The molecule has 0 fully saturated rings. The number of benzene rings is 3. The molecule has 0 heterocycles. The van der Waals surface area contributed by atoms with Crippen LogP contribution in [0, 0.1) is 0 Å². The topological polar surface area (TPSA) is 131 Å². The third-order valence-electron chi connectivity index (χ3n) is 5.39. The van der Waals surface area contributed by atoms with E-state index in [4.69, 9.17) is 14.2 Å². The lowest BCUT2D eigenvalue weighted by molar-refractivity contribution is 0.0521. The largest absolute Gasteiger partial charge is 0.497 e. The first-order valence-corrected chi connectivity index (χ1v) is 13.2. The maximum absolute atomic E-state index is 14.2. The maximum Gasteiger partial charge on any atom is 0.344 e. The Labute approximate surface area is 221 Å². The van der Waals surface area contributed by atoms with Crippen LogP contribution in [0.15, 0.2) is 71.6 Å². The van der Waals surface area contributed by atoms with Gasteiger partial charge in [0.1, 0.15) is 17.1 Å². The van der Waals surface area contributed by atoms with Crippen LogP contribution in [0.1, 0.15) is 47.1 Å². The van der Waals surface area contributed by atoms with Gasteiger partial charge < -0.3 is 14.2 Å². The molecule has 0 aliphatic carbocycles. The molecule has 0 saturated heterocycles. The van der Waals surface area contributed by atoms with Gasteiger partial charge in [-0.15, -0.1) is 0 Å². The molecule has 0 saturated carbocycles. The number of amides is 1. The van der Waals surface area contributed by atoms with Gasteiger partial charge in [0.2, 0.25) is 0 Å². The molecular formula is C27H30N2O8S. The van der Waals surface area contributed by atoms with E-state index in [0.717, 1.165) is 4.31 Å². The minimum Gasteiger partial charge on any atom is -0.497 e. The highest BCUT2D eigenvalue weighted by molar-refractivity contribution is 7.92. The summed E-state index contributed by atoms with van der Waals surface area (Å²) in [6.07, 6.45) is -0.394. The number of nitrogens with zero attached hydrogens (tertiary/aromatic N) is 1. The van der Waals surface area contributed by atoms with Crippen LogP contribution in [0.2, 0.25) is 0 Å². The van der Waals surface area contributed by atoms with Gasteiger partial charge in [-0.2, -0.15) is 0 Å². The molecule has 1 amide bonds. The zero-order valence-electron chi connectivity index (χ0n) is 21.5. The number of esters is 1. The Kier molecular flexibility index (Phi) is 9.32. The second kappa shape index (κ2) is 12.4. The first-order valence-electron chi connectivity index (χ1n) is 11.8. The van der Waals surface area contributed by atoms with Gasteiger partial charge in [0.15, 0.2) is 0 Å². The number of hydrogen-bond acceptors (Lipinski definition) is 8. The summed E-state index contributed by atoms with van der Waals surface area (Å²) in [5.74, 6) is -1.46. The molecule has 0 aliphatic rings. The van der Waals surface area contributed by atoms with Crippen LogP contribution in [-0.2, 0) is 21.3 Å². The Hall–Kier alpha value is -4.09. The van der Waals surface area contributed by atoms with E-state index in [1.807, 2.05) is 0 Å². The number of rotatable bonds is 11. The third-order valence-corrected chi connectivity index (χ3v) is 7.15.